The van der Waals surface area contributed by atoms with Crippen molar-refractivity contribution in [3.8, 4) is 23.3 Å². The van der Waals surface area contributed by atoms with Gasteiger partial charge in [0.15, 0.2) is 17.2 Å². The summed E-state index contributed by atoms with van der Waals surface area (Å²) >= 11 is 3.49. The van der Waals surface area contributed by atoms with Crippen molar-refractivity contribution in [1.82, 2.24) is 0 Å². The SMILES string of the molecule is COc1cc(C2C(C#N)=C(N)Oc3c2ccc(NC(=O)[C@@H](N)CCCCN)c3N)cc(Br)c1OC. The Morgan fingerprint density at radius 1 is 1.26 bits per heavy atom. The second-order valence-electron chi connectivity index (χ2n) is 7.99. The molecular weight excluding hydrogens is 516 g/mol. The number of fused-ring (bicyclic) bond motifs is 1. The van der Waals surface area contributed by atoms with Gasteiger partial charge in [-0.2, -0.15) is 5.26 Å². The van der Waals surface area contributed by atoms with Crippen molar-refractivity contribution in [3.63, 3.8) is 0 Å². The summed E-state index contributed by atoms with van der Waals surface area (Å²) in [6, 6.07) is 8.41. The standard InChI is InChI=1S/C24H29BrN6O4/c1-33-18-10-12(9-15(25)22(18)34-2)19-13-6-7-17(31-24(32)16(28)5-3-4-8-26)20(29)21(13)35-23(30)14(19)11-27/h6-7,9-10,16,19H,3-5,8,26,28-30H2,1-2H3,(H,31,32)/t16-,19?/m0/s1. The van der Waals surface area contributed by atoms with E-state index in [1.807, 2.05) is 6.07 Å². The normalized spacial score (nSPS) is 15.5. The molecule has 0 aliphatic carbocycles. The van der Waals surface area contributed by atoms with E-state index in [1.165, 1.54) is 14.2 Å². The number of nitrogens with zero attached hydrogens (tertiary/aromatic N) is 1. The molecule has 35 heavy (non-hydrogen) atoms. The molecule has 2 aromatic rings. The second-order valence-corrected chi connectivity index (χ2v) is 8.84. The van der Waals surface area contributed by atoms with Crippen LogP contribution in [0.5, 0.6) is 17.2 Å². The van der Waals surface area contributed by atoms with Gasteiger partial charge in [0.25, 0.3) is 0 Å². The van der Waals surface area contributed by atoms with Gasteiger partial charge in [-0.15, -0.1) is 0 Å². The molecule has 10 nitrogen and oxygen atoms in total. The summed E-state index contributed by atoms with van der Waals surface area (Å²) in [5.74, 6) is 0.202. The van der Waals surface area contributed by atoms with Gasteiger partial charge in [-0.1, -0.05) is 12.5 Å². The molecule has 1 amide bonds. The van der Waals surface area contributed by atoms with Crippen LogP contribution >= 0.6 is 15.9 Å². The first-order valence-corrected chi connectivity index (χ1v) is 11.7. The van der Waals surface area contributed by atoms with Crippen LogP contribution in [0.4, 0.5) is 11.4 Å². The topological polar surface area (TPSA) is 185 Å². The summed E-state index contributed by atoms with van der Waals surface area (Å²) in [5.41, 5.74) is 26.1. The molecule has 0 saturated carbocycles. The minimum absolute atomic E-state index is 0.0791. The van der Waals surface area contributed by atoms with Crippen molar-refractivity contribution in [2.45, 2.75) is 31.2 Å². The molecular formula is C24H29BrN6O4. The maximum atomic E-state index is 12.6. The van der Waals surface area contributed by atoms with Gasteiger partial charge in [-0.05, 0) is 59.1 Å². The van der Waals surface area contributed by atoms with Gasteiger partial charge in [0.2, 0.25) is 11.8 Å². The Morgan fingerprint density at radius 2 is 2.00 bits per heavy atom. The first kappa shape index (κ1) is 26.2. The highest BCUT2D eigenvalue weighted by Gasteiger charge is 2.34. The highest BCUT2D eigenvalue weighted by atomic mass is 79.9. The minimum atomic E-state index is -0.704. The Morgan fingerprint density at radius 3 is 2.63 bits per heavy atom. The van der Waals surface area contributed by atoms with Crippen LogP contribution in [0, 0.1) is 11.3 Å². The number of unbranched alkanes of at least 4 members (excludes halogenated alkanes) is 1. The van der Waals surface area contributed by atoms with E-state index in [1.54, 1.807) is 18.2 Å². The third-order valence-corrected chi connectivity index (χ3v) is 6.37. The number of allylic oxidation sites excluding steroid dienone is 1. The molecule has 0 radical (unpaired) electrons. The number of hydrogen-bond acceptors (Lipinski definition) is 9. The van der Waals surface area contributed by atoms with E-state index in [9.17, 15) is 10.1 Å². The molecule has 186 valence electrons. The van der Waals surface area contributed by atoms with Gasteiger partial charge in [-0.3, -0.25) is 4.79 Å². The van der Waals surface area contributed by atoms with Crippen LogP contribution in [0.2, 0.25) is 0 Å². The molecule has 0 saturated heterocycles. The fraction of sp³-hybridized carbons (Fsp3) is 0.333. The summed E-state index contributed by atoms with van der Waals surface area (Å²) in [4.78, 5) is 12.6. The van der Waals surface area contributed by atoms with E-state index in [4.69, 9.17) is 37.1 Å². The zero-order chi connectivity index (χ0) is 25.7. The number of carbonyl (C=O) groups excluding carboxylic acids is 1. The largest absolute Gasteiger partial charge is 0.493 e. The Hall–Kier alpha value is -3.46. The van der Waals surface area contributed by atoms with Crippen molar-refractivity contribution in [2.24, 2.45) is 17.2 Å². The molecule has 1 unspecified atom stereocenters. The number of nitriles is 1. The van der Waals surface area contributed by atoms with Crippen LogP contribution in [-0.2, 0) is 4.79 Å². The van der Waals surface area contributed by atoms with Crippen molar-refractivity contribution in [3.05, 3.63) is 51.3 Å². The lowest BCUT2D eigenvalue weighted by atomic mass is 9.83. The van der Waals surface area contributed by atoms with Crippen molar-refractivity contribution in [2.75, 3.05) is 31.8 Å². The van der Waals surface area contributed by atoms with Gasteiger partial charge in [0.1, 0.15) is 11.6 Å². The molecule has 2 aromatic carbocycles. The summed E-state index contributed by atoms with van der Waals surface area (Å²) in [5, 5.41) is 12.6. The van der Waals surface area contributed by atoms with E-state index >= 15 is 0 Å². The Kier molecular flexibility index (Phi) is 8.45. The van der Waals surface area contributed by atoms with Gasteiger partial charge >= 0.3 is 0 Å². The van der Waals surface area contributed by atoms with Crippen LogP contribution < -0.4 is 42.5 Å². The van der Waals surface area contributed by atoms with E-state index in [0.29, 0.717) is 45.8 Å². The second kappa shape index (κ2) is 11.3. The number of ether oxygens (including phenoxy) is 3. The third kappa shape index (κ3) is 5.30. The Labute approximate surface area is 212 Å². The van der Waals surface area contributed by atoms with Crippen LogP contribution in [0.3, 0.4) is 0 Å². The zero-order valence-electron chi connectivity index (χ0n) is 19.6. The fourth-order valence-electron chi connectivity index (χ4n) is 3.96. The number of nitrogens with one attached hydrogen (secondary N) is 1. The molecule has 11 heteroatoms. The highest BCUT2D eigenvalue weighted by molar-refractivity contribution is 9.10. The molecule has 0 bridgehead atoms. The lowest BCUT2D eigenvalue weighted by Gasteiger charge is -2.29. The smallest absolute Gasteiger partial charge is 0.241 e. The number of hydrogen-bond donors (Lipinski definition) is 5. The molecule has 0 fully saturated rings. The lowest BCUT2D eigenvalue weighted by Crippen LogP contribution is -2.36. The number of nitrogens with two attached hydrogens (primary N) is 4. The van der Waals surface area contributed by atoms with Crippen molar-refractivity contribution in [1.29, 1.82) is 5.26 Å². The lowest BCUT2D eigenvalue weighted by molar-refractivity contribution is -0.117. The van der Waals surface area contributed by atoms with Crippen molar-refractivity contribution < 1.29 is 19.0 Å². The molecule has 1 aliphatic rings. The summed E-state index contributed by atoms with van der Waals surface area (Å²) < 4.78 is 17.3. The quantitative estimate of drug-likeness (QED) is 0.233. The molecule has 1 heterocycles. The van der Waals surface area contributed by atoms with Crippen LogP contribution in [0.15, 0.2) is 40.2 Å². The average molecular weight is 545 g/mol. The van der Waals surface area contributed by atoms with Crippen LogP contribution in [0.25, 0.3) is 0 Å². The van der Waals surface area contributed by atoms with Crippen LogP contribution in [-0.4, -0.2) is 32.7 Å². The average Bonchev–Trinajstić information content (AvgIpc) is 2.84. The molecule has 0 spiro atoms. The molecule has 9 N–H and O–H groups in total. The number of nitrogen functional groups attached to an aromatic ring is 1. The molecule has 2 atom stereocenters. The number of rotatable bonds is 9. The maximum Gasteiger partial charge on any atom is 0.241 e. The van der Waals surface area contributed by atoms with Gasteiger partial charge in [0.05, 0.1) is 42.0 Å². The highest BCUT2D eigenvalue weighted by Crippen LogP contribution is 2.49. The Bertz CT molecular complexity index is 1190. The number of carbonyl (C=O) groups is 1. The third-order valence-electron chi connectivity index (χ3n) is 5.78. The molecule has 1 aliphatic heterocycles. The monoisotopic (exact) mass is 544 g/mol. The van der Waals surface area contributed by atoms with Crippen LogP contribution in [0.1, 0.15) is 36.3 Å². The van der Waals surface area contributed by atoms with Gasteiger partial charge < -0.3 is 42.5 Å². The predicted molar refractivity (Wildman–Crippen MR) is 137 cm³/mol. The molecule has 3 rings (SSSR count). The number of benzene rings is 2. The number of halogens is 1. The first-order chi connectivity index (χ1) is 16.8. The molecule has 0 aromatic heterocycles. The van der Waals surface area contributed by atoms with E-state index in [0.717, 1.165) is 12.8 Å². The van der Waals surface area contributed by atoms with E-state index < -0.39 is 12.0 Å². The number of methoxy groups -OCH3 is 2. The van der Waals surface area contributed by atoms with Crippen molar-refractivity contribution >= 4 is 33.2 Å². The summed E-state index contributed by atoms with van der Waals surface area (Å²) in [6.45, 7) is 0.543. The van der Waals surface area contributed by atoms with Gasteiger partial charge in [0, 0.05) is 5.56 Å². The van der Waals surface area contributed by atoms with E-state index in [2.05, 4.69) is 27.3 Å². The zero-order valence-corrected chi connectivity index (χ0v) is 21.1. The summed E-state index contributed by atoms with van der Waals surface area (Å²) in [7, 11) is 3.06. The fourth-order valence-corrected chi connectivity index (χ4v) is 4.59. The maximum absolute atomic E-state index is 12.6. The van der Waals surface area contributed by atoms with E-state index in [-0.39, 0.29) is 28.8 Å². The predicted octanol–water partition coefficient (Wildman–Crippen LogP) is 2.66. The first-order valence-electron chi connectivity index (χ1n) is 10.9. The number of amides is 1. The minimum Gasteiger partial charge on any atom is -0.493 e. The summed E-state index contributed by atoms with van der Waals surface area (Å²) in [6.07, 6.45) is 2.03. The van der Waals surface area contributed by atoms with Gasteiger partial charge in [-0.25, -0.2) is 0 Å². The number of anilines is 2. The Balaban J connectivity index is 2.02.